The zero-order valence-electron chi connectivity index (χ0n) is 12.2. The fraction of sp³-hybridized carbons (Fsp3) is 0.176. The summed E-state index contributed by atoms with van der Waals surface area (Å²) in [6.07, 6.45) is 5.51. The van der Waals surface area contributed by atoms with Crippen LogP contribution in [0.2, 0.25) is 0 Å². The molecule has 0 amide bonds. The van der Waals surface area contributed by atoms with Gasteiger partial charge in [-0.25, -0.2) is 9.97 Å². The van der Waals surface area contributed by atoms with Gasteiger partial charge in [0.15, 0.2) is 0 Å². The molecule has 0 spiro atoms. The van der Waals surface area contributed by atoms with Gasteiger partial charge in [-0.2, -0.15) is 0 Å². The van der Waals surface area contributed by atoms with Crippen LogP contribution in [0.3, 0.4) is 0 Å². The number of nitrogens with zero attached hydrogens (tertiary/aromatic N) is 3. The quantitative estimate of drug-likeness (QED) is 0.798. The number of aromatic nitrogens is 3. The van der Waals surface area contributed by atoms with Gasteiger partial charge in [-0.05, 0) is 37.1 Å². The van der Waals surface area contributed by atoms with Gasteiger partial charge in [-0.3, -0.25) is 0 Å². The molecule has 2 aromatic heterocycles. The van der Waals surface area contributed by atoms with Crippen LogP contribution in [0.15, 0.2) is 55.1 Å². The molecule has 0 bridgehead atoms. The van der Waals surface area contributed by atoms with Crippen LogP contribution in [0.4, 0.5) is 5.82 Å². The van der Waals surface area contributed by atoms with Crippen molar-refractivity contribution in [1.29, 1.82) is 0 Å². The standard InChI is InChI=1S/C17H18N4/c1-12-5-3-4-6-15(12)13(2)21-11-19-10-16(21)14-7-8-17(18)20-9-14/h3-11,13H,1-2H3,(H2,18,20). The number of hydrogen-bond acceptors (Lipinski definition) is 3. The van der Waals surface area contributed by atoms with E-state index in [0.29, 0.717) is 5.82 Å². The van der Waals surface area contributed by atoms with E-state index in [2.05, 4.69) is 52.6 Å². The highest BCUT2D eigenvalue weighted by atomic mass is 15.1. The highest BCUT2D eigenvalue weighted by Gasteiger charge is 2.14. The fourth-order valence-electron chi connectivity index (χ4n) is 2.60. The number of rotatable bonds is 3. The number of anilines is 1. The largest absolute Gasteiger partial charge is 0.384 e. The first kappa shape index (κ1) is 13.4. The van der Waals surface area contributed by atoms with Crippen LogP contribution in [0, 0.1) is 6.92 Å². The summed E-state index contributed by atoms with van der Waals surface area (Å²) in [6.45, 7) is 4.31. The van der Waals surface area contributed by atoms with E-state index in [0.717, 1.165) is 11.3 Å². The van der Waals surface area contributed by atoms with Crippen molar-refractivity contribution >= 4 is 5.82 Å². The Bertz CT molecular complexity index is 743. The number of nitrogen functional groups attached to an aromatic ring is 1. The number of pyridine rings is 1. The Hall–Kier alpha value is -2.62. The highest BCUT2D eigenvalue weighted by molar-refractivity contribution is 5.59. The topological polar surface area (TPSA) is 56.7 Å². The number of benzene rings is 1. The monoisotopic (exact) mass is 278 g/mol. The Morgan fingerprint density at radius 1 is 1.10 bits per heavy atom. The average Bonchev–Trinajstić information content (AvgIpc) is 2.97. The van der Waals surface area contributed by atoms with Gasteiger partial charge in [0.05, 0.1) is 24.3 Å². The van der Waals surface area contributed by atoms with Crippen LogP contribution >= 0.6 is 0 Å². The van der Waals surface area contributed by atoms with Gasteiger partial charge in [0.1, 0.15) is 5.82 Å². The van der Waals surface area contributed by atoms with Gasteiger partial charge in [-0.15, -0.1) is 0 Å². The van der Waals surface area contributed by atoms with Crippen molar-refractivity contribution in [3.63, 3.8) is 0 Å². The summed E-state index contributed by atoms with van der Waals surface area (Å²) < 4.78 is 2.16. The van der Waals surface area contributed by atoms with E-state index in [-0.39, 0.29) is 6.04 Å². The molecule has 2 N–H and O–H groups in total. The maximum Gasteiger partial charge on any atom is 0.123 e. The van der Waals surface area contributed by atoms with E-state index in [9.17, 15) is 0 Å². The Labute approximate surface area is 124 Å². The van der Waals surface area contributed by atoms with Crippen LogP contribution in [-0.2, 0) is 0 Å². The average molecular weight is 278 g/mol. The van der Waals surface area contributed by atoms with E-state index in [1.54, 1.807) is 6.20 Å². The van der Waals surface area contributed by atoms with Crippen molar-refractivity contribution < 1.29 is 0 Å². The molecule has 0 aliphatic rings. The zero-order chi connectivity index (χ0) is 14.8. The molecule has 0 aliphatic carbocycles. The van der Waals surface area contributed by atoms with Crippen molar-refractivity contribution in [2.24, 2.45) is 0 Å². The van der Waals surface area contributed by atoms with Crippen LogP contribution in [-0.4, -0.2) is 14.5 Å². The maximum atomic E-state index is 5.66. The number of nitrogens with two attached hydrogens (primary N) is 1. The predicted molar refractivity (Wildman–Crippen MR) is 84.9 cm³/mol. The number of aryl methyl sites for hydroxylation is 1. The number of imidazole rings is 1. The van der Waals surface area contributed by atoms with Gasteiger partial charge >= 0.3 is 0 Å². The molecule has 0 radical (unpaired) electrons. The van der Waals surface area contributed by atoms with Crippen molar-refractivity contribution in [1.82, 2.24) is 14.5 Å². The first-order valence-corrected chi connectivity index (χ1v) is 6.96. The molecule has 1 aromatic carbocycles. The molecule has 3 rings (SSSR count). The second-order valence-corrected chi connectivity index (χ2v) is 5.19. The lowest BCUT2D eigenvalue weighted by molar-refractivity contribution is 0.640. The van der Waals surface area contributed by atoms with E-state index in [4.69, 9.17) is 5.73 Å². The fourth-order valence-corrected chi connectivity index (χ4v) is 2.60. The molecular formula is C17H18N4. The van der Waals surface area contributed by atoms with Crippen molar-refractivity contribution in [2.75, 3.05) is 5.73 Å². The van der Waals surface area contributed by atoms with Gasteiger partial charge in [-0.1, -0.05) is 24.3 Å². The van der Waals surface area contributed by atoms with E-state index < -0.39 is 0 Å². The SMILES string of the molecule is Cc1ccccc1C(C)n1cncc1-c1ccc(N)nc1. The molecule has 106 valence electrons. The first-order chi connectivity index (χ1) is 10.2. The normalized spacial score (nSPS) is 12.3. The summed E-state index contributed by atoms with van der Waals surface area (Å²) in [5.41, 5.74) is 10.3. The van der Waals surface area contributed by atoms with Crippen LogP contribution in [0.1, 0.15) is 24.1 Å². The molecule has 0 aliphatic heterocycles. The smallest absolute Gasteiger partial charge is 0.123 e. The summed E-state index contributed by atoms with van der Waals surface area (Å²) in [5, 5.41) is 0. The molecule has 4 nitrogen and oxygen atoms in total. The van der Waals surface area contributed by atoms with E-state index >= 15 is 0 Å². The second kappa shape index (κ2) is 5.40. The minimum Gasteiger partial charge on any atom is -0.384 e. The van der Waals surface area contributed by atoms with Gasteiger partial charge in [0.2, 0.25) is 0 Å². The Morgan fingerprint density at radius 2 is 1.90 bits per heavy atom. The van der Waals surface area contributed by atoms with Crippen molar-refractivity contribution in [3.8, 4) is 11.3 Å². The Kier molecular flexibility index (Phi) is 3.44. The minimum atomic E-state index is 0.209. The third-order valence-electron chi connectivity index (χ3n) is 3.80. The molecule has 1 atom stereocenters. The Morgan fingerprint density at radius 3 is 2.62 bits per heavy atom. The Balaban J connectivity index is 2.03. The summed E-state index contributed by atoms with van der Waals surface area (Å²) in [6, 6.07) is 12.4. The van der Waals surface area contributed by atoms with Crippen molar-refractivity contribution in [3.05, 3.63) is 66.2 Å². The summed E-state index contributed by atoms with van der Waals surface area (Å²) >= 11 is 0. The van der Waals surface area contributed by atoms with Crippen molar-refractivity contribution in [2.45, 2.75) is 19.9 Å². The lowest BCUT2D eigenvalue weighted by atomic mass is 10.0. The van der Waals surface area contributed by atoms with Crippen LogP contribution in [0.25, 0.3) is 11.3 Å². The van der Waals surface area contributed by atoms with Gasteiger partial charge in [0.25, 0.3) is 0 Å². The third-order valence-corrected chi connectivity index (χ3v) is 3.80. The first-order valence-electron chi connectivity index (χ1n) is 6.96. The molecule has 0 fully saturated rings. The highest BCUT2D eigenvalue weighted by Crippen LogP contribution is 2.27. The lowest BCUT2D eigenvalue weighted by Crippen LogP contribution is -2.08. The molecule has 1 unspecified atom stereocenters. The second-order valence-electron chi connectivity index (χ2n) is 5.19. The number of hydrogen-bond donors (Lipinski definition) is 1. The van der Waals surface area contributed by atoms with Gasteiger partial charge in [0, 0.05) is 11.8 Å². The molecule has 0 saturated carbocycles. The van der Waals surface area contributed by atoms with E-state index in [1.165, 1.54) is 11.1 Å². The minimum absolute atomic E-state index is 0.209. The molecule has 4 heteroatoms. The van der Waals surface area contributed by atoms with Crippen LogP contribution < -0.4 is 5.73 Å². The molecule has 3 aromatic rings. The molecular weight excluding hydrogens is 260 g/mol. The molecule has 2 heterocycles. The van der Waals surface area contributed by atoms with E-state index in [1.807, 2.05) is 24.7 Å². The molecule has 21 heavy (non-hydrogen) atoms. The third kappa shape index (κ3) is 2.52. The maximum absolute atomic E-state index is 5.66. The lowest BCUT2D eigenvalue weighted by Gasteiger charge is -2.19. The molecule has 0 saturated heterocycles. The van der Waals surface area contributed by atoms with Crippen LogP contribution in [0.5, 0.6) is 0 Å². The summed E-state index contributed by atoms with van der Waals surface area (Å²) in [5.74, 6) is 0.525. The summed E-state index contributed by atoms with van der Waals surface area (Å²) in [7, 11) is 0. The summed E-state index contributed by atoms with van der Waals surface area (Å²) in [4.78, 5) is 8.46. The van der Waals surface area contributed by atoms with Gasteiger partial charge < -0.3 is 10.3 Å². The predicted octanol–water partition coefficient (Wildman–Crippen LogP) is 3.45. The zero-order valence-corrected chi connectivity index (χ0v) is 12.2.